The molecule has 0 radical (unpaired) electrons. The van der Waals surface area contributed by atoms with E-state index < -0.39 is 6.61 Å². The Bertz CT molecular complexity index is 1030. The van der Waals surface area contributed by atoms with E-state index in [2.05, 4.69) is 10.1 Å². The maximum atomic E-state index is 12.8. The molecule has 5 nitrogen and oxygen atoms in total. The van der Waals surface area contributed by atoms with Crippen molar-refractivity contribution in [2.24, 2.45) is 0 Å². The molecular formula is C24H23F2NO4. The average Bonchev–Trinajstić information content (AvgIpc) is 2.76. The van der Waals surface area contributed by atoms with Crippen molar-refractivity contribution >= 4 is 11.6 Å². The number of anilines is 1. The number of amides is 1. The average molecular weight is 427 g/mol. The highest BCUT2D eigenvalue weighted by atomic mass is 19.3. The van der Waals surface area contributed by atoms with Crippen molar-refractivity contribution in [1.82, 2.24) is 0 Å². The molecule has 1 amide bonds. The molecule has 0 atom stereocenters. The summed E-state index contributed by atoms with van der Waals surface area (Å²) in [5.74, 6) is 0.692. The van der Waals surface area contributed by atoms with Gasteiger partial charge in [0, 0.05) is 23.2 Å². The van der Waals surface area contributed by atoms with E-state index in [0.29, 0.717) is 41.3 Å². The van der Waals surface area contributed by atoms with Crippen LogP contribution in [-0.2, 0) is 6.42 Å². The van der Waals surface area contributed by atoms with Crippen LogP contribution >= 0.6 is 0 Å². The minimum atomic E-state index is -2.94. The monoisotopic (exact) mass is 427 g/mol. The van der Waals surface area contributed by atoms with Gasteiger partial charge >= 0.3 is 6.61 Å². The van der Waals surface area contributed by atoms with Crippen LogP contribution in [0.3, 0.4) is 0 Å². The Morgan fingerprint density at radius 3 is 2.39 bits per heavy atom. The van der Waals surface area contributed by atoms with Gasteiger partial charge in [-0.1, -0.05) is 30.3 Å². The van der Waals surface area contributed by atoms with Crippen molar-refractivity contribution in [3.8, 4) is 17.2 Å². The fourth-order valence-corrected chi connectivity index (χ4v) is 3.11. The normalized spacial score (nSPS) is 10.6. The first-order valence-corrected chi connectivity index (χ1v) is 9.74. The molecule has 0 heterocycles. The molecule has 3 aromatic rings. The highest BCUT2D eigenvalue weighted by molar-refractivity contribution is 6.04. The number of alkyl halides is 2. The van der Waals surface area contributed by atoms with E-state index in [-0.39, 0.29) is 11.7 Å². The number of ether oxygens (including phenoxy) is 3. The van der Waals surface area contributed by atoms with E-state index in [1.165, 1.54) is 19.2 Å². The number of halogens is 2. The Morgan fingerprint density at radius 2 is 1.71 bits per heavy atom. The first-order valence-electron chi connectivity index (χ1n) is 9.74. The number of hydrogen-bond donors (Lipinski definition) is 1. The van der Waals surface area contributed by atoms with Gasteiger partial charge in [0.05, 0.1) is 13.7 Å². The van der Waals surface area contributed by atoms with Crippen molar-refractivity contribution in [2.75, 3.05) is 19.0 Å². The molecule has 0 bridgehead atoms. The van der Waals surface area contributed by atoms with Crippen LogP contribution in [-0.4, -0.2) is 26.2 Å². The summed E-state index contributed by atoms with van der Waals surface area (Å²) in [6.45, 7) is -0.675. The summed E-state index contributed by atoms with van der Waals surface area (Å²) >= 11 is 0. The molecular weight excluding hydrogens is 404 g/mol. The third-order valence-corrected chi connectivity index (χ3v) is 4.50. The van der Waals surface area contributed by atoms with Crippen molar-refractivity contribution in [1.29, 1.82) is 0 Å². The van der Waals surface area contributed by atoms with Gasteiger partial charge in [-0.2, -0.15) is 8.78 Å². The number of rotatable bonds is 9. The number of carbonyl (C=O) groups is 1. The van der Waals surface area contributed by atoms with E-state index in [1.807, 2.05) is 37.3 Å². The number of methoxy groups -OCH3 is 1. The highest BCUT2D eigenvalue weighted by Crippen LogP contribution is 2.30. The molecule has 0 aliphatic carbocycles. The zero-order valence-corrected chi connectivity index (χ0v) is 17.2. The highest BCUT2D eigenvalue weighted by Gasteiger charge is 2.15. The van der Waals surface area contributed by atoms with Crippen molar-refractivity contribution in [3.63, 3.8) is 0 Å². The lowest BCUT2D eigenvalue weighted by atomic mass is 10.0. The minimum Gasteiger partial charge on any atom is -0.493 e. The predicted octanol–water partition coefficient (Wildman–Crippen LogP) is 5.54. The Labute approximate surface area is 179 Å². The smallest absolute Gasteiger partial charge is 0.387 e. The molecule has 31 heavy (non-hydrogen) atoms. The van der Waals surface area contributed by atoms with E-state index in [9.17, 15) is 13.6 Å². The molecule has 0 spiro atoms. The first-order chi connectivity index (χ1) is 15.0. The van der Waals surface area contributed by atoms with Crippen molar-refractivity contribution in [3.05, 3.63) is 83.4 Å². The van der Waals surface area contributed by atoms with Gasteiger partial charge in [-0.15, -0.1) is 0 Å². The minimum absolute atomic E-state index is 0.0694. The van der Waals surface area contributed by atoms with Gasteiger partial charge in [-0.25, -0.2) is 0 Å². The Balaban J connectivity index is 1.84. The van der Waals surface area contributed by atoms with Gasteiger partial charge in [-0.3, -0.25) is 4.79 Å². The van der Waals surface area contributed by atoms with Crippen LogP contribution in [0.1, 0.15) is 28.4 Å². The Kier molecular flexibility index (Phi) is 7.43. The molecule has 3 rings (SSSR count). The summed E-state index contributed by atoms with van der Waals surface area (Å²) in [6.07, 6.45) is 0.379. The largest absolute Gasteiger partial charge is 0.493 e. The molecule has 0 unspecified atom stereocenters. The van der Waals surface area contributed by atoms with Crippen LogP contribution in [0.4, 0.5) is 14.5 Å². The van der Waals surface area contributed by atoms with E-state index in [4.69, 9.17) is 9.47 Å². The van der Waals surface area contributed by atoms with Crippen LogP contribution in [0.15, 0.2) is 66.7 Å². The van der Waals surface area contributed by atoms with Gasteiger partial charge in [0.15, 0.2) is 11.5 Å². The van der Waals surface area contributed by atoms with Crippen molar-refractivity contribution < 1.29 is 27.8 Å². The van der Waals surface area contributed by atoms with Crippen LogP contribution in [0.5, 0.6) is 17.2 Å². The topological polar surface area (TPSA) is 56.8 Å². The first kappa shape index (κ1) is 22.1. The second kappa shape index (κ2) is 10.4. The van der Waals surface area contributed by atoms with Gasteiger partial charge in [0.25, 0.3) is 5.91 Å². The van der Waals surface area contributed by atoms with Gasteiger partial charge in [-0.05, 0) is 48.9 Å². The quantitative estimate of drug-likeness (QED) is 0.487. The van der Waals surface area contributed by atoms with Crippen molar-refractivity contribution in [2.45, 2.75) is 20.0 Å². The van der Waals surface area contributed by atoms with Crippen LogP contribution in [0.25, 0.3) is 0 Å². The zero-order valence-electron chi connectivity index (χ0n) is 17.2. The number of benzene rings is 3. The molecule has 1 N–H and O–H groups in total. The molecule has 0 saturated heterocycles. The van der Waals surface area contributed by atoms with Crippen LogP contribution in [0.2, 0.25) is 0 Å². The SMILES string of the molecule is CCOc1cc(C(=O)Nc2ccc(OC(F)F)c(Cc3ccccc3)c2)ccc1OC. The third-order valence-electron chi connectivity index (χ3n) is 4.50. The Morgan fingerprint density at radius 1 is 0.968 bits per heavy atom. The van der Waals surface area contributed by atoms with E-state index in [0.717, 1.165) is 5.56 Å². The zero-order chi connectivity index (χ0) is 22.2. The van der Waals surface area contributed by atoms with Crippen LogP contribution < -0.4 is 19.5 Å². The summed E-state index contributed by atoms with van der Waals surface area (Å²) in [5, 5.41) is 2.79. The fourth-order valence-electron chi connectivity index (χ4n) is 3.11. The summed E-state index contributed by atoms with van der Waals surface area (Å²) in [6, 6.07) is 18.9. The van der Waals surface area contributed by atoms with Gasteiger partial charge in [0.2, 0.25) is 0 Å². The van der Waals surface area contributed by atoms with Gasteiger partial charge in [0.1, 0.15) is 5.75 Å². The predicted molar refractivity (Wildman–Crippen MR) is 114 cm³/mol. The standard InChI is InChI=1S/C24H23F2NO4/c1-3-30-22-15-17(9-11-21(22)29-2)23(28)27-19-10-12-20(31-24(25)26)18(14-19)13-16-7-5-4-6-8-16/h4-12,14-15,24H,3,13H2,1-2H3,(H,27,28). The number of hydrogen-bond acceptors (Lipinski definition) is 4. The molecule has 0 aliphatic rings. The second-order valence-corrected chi connectivity index (χ2v) is 6.62. The van der Waals surface area contributed by atoms with Gasteiger partial charge < -0.3 is 19.5 Å². The summed E-state index contributed by atoms with van der Waals surface area (Å²) in [5.41, 5.74) is 2.31. The summed E-state index contributed by atoms with van der Waals surface area (Å²) in [7, 11) is 1.52. The fraction of sp³-hybridized carbons (Fsp3) is 0.208. The maximum Gasteiger partial charge on any atom is 0.387 e. The van der Waals surface area contributed by atoms with E-state index >= 15 is 0 Å². The summed E-state index contributed by atoms with van der Waals surface area (Å²) in [4.78, 5) is 12.7. The lowest BCUT2D eigenvalue weighted by Crippen LogP contribution is -2.13. The van der Waals surface area contributed by atoms with E-state index in [1.54, 1.807) is 24.3 Å². The summed E-state index contributed by atoms with van der Waals surface area (Å²) < 4.78 is 41.0. The number of carbonyl (C=O) groups excluding carboxylic acids is 1. The molecule has 7 heteroatoms. The lowest BCUT2D eigenvalue weighted by molar-refractivity contribution is -0.0503. The third kappa shape index (κ3) is 5.94. The second-order valence-electron chi connectivity index (χ2n) is 6.62. The molecule has 0 aliphatic heterocycles. The Hall–Kier alpha value is -3.61. The number of nitrogens with one attached hydrogen (secondary N) is 1. The molecule has 0 fully saturated rings. The lowest BCUT2D eigenvalue weighted by Gasteiger charge is -2.14. The maximum absolute atomic E-state index is 12.8. The molecule has 0 aromatic heterocycles. The van der Waals surface area contributed by atoms with Crippen LogP contribution in [0, 0.1) is 0 Å². The molecule has 162 valence electrons. The molecule has 3 aromatic carbocycles. The molecule has 0 saturated carbocycles.